The van der Waals surface area contributed by atoms with Gasteiger partial charge in [0.25, 0.3) is 0 Å². The van der Waals surface area contributed by atoms with Crippen LogP contribution in [0.1, 0.15) is 39.2 Å². The van der Waals surface area contributed by atoms with Gasteiger partial charge >= 0.3 is 0 Å². The zero-order valence-corrected chi connectivity index (χ0v) is 15.3. The first-order chi connectivity index (χ1) is 11.3. The van der Waals surface area contributed by atoms with E-state index >= 15 is 0 Å². The predicted octanol–water partition coefficient (Wildman–Crippen LogP) is 1.96. The number of hydrogen-bond donors (Lipinski definition) is 2. The van der Waals surface area contributed by atoms with E-state index in [9.17, 15) is 9.59 Å². The van der Waals surface area contributed by atoms with Gasteiger partial charge in [-0.1, -0.05) is 57.5 Å². The molecule has 1 unspecified atom stereocenters. The fourth-order valence-electron chi connectivity index (χ4n) is 2.62. The lowest BCUT2D eigenvalue weighted by Gasteiger charge is -2.31. The second-order valence-electron chi connectivity index (χ2n) is 7.13. The Kier molecular flexibility index (Phi) is 7.92. The Bertz CT molecular complexity index is 529. The van der Waals surface area contributed by atoms with E-state index in [2.05, 4.69) is 5.32 Å². The Morgan fingerprint density at radius 3 is 2.42 bits per heavy atom. The number of likely N-dealkylation sites (N-methyl/N-ethyl adjacent to an activating group) is 1. The molecule has 0 saturated heterocycles. The van der Waals surface area contributed by atoms with Crippen LogP contribution in [-0.4, -0.2) is 42.9 Å². The minimum Gasteiger partial charge on any atom is -0.344 e. The summed E-state index contributed by atoms with van der Waals surface area (Å²) in [5.74, 6) is -0.181. The van der Waals surface area contributed by atoms with E-state index in [1.807, 2.05) is 51.1 Å². The van der Waals surface area contributed by atoms with Crippen molar-refractivity contribution in [1.82, 2.24) is 10.2 Å². The van der Waals surface area contributed by atoms with E-state index in [0.29, 0.717) is 19.5 Å². The Morgan fingerprint density at radius 2 is 1.88 bits per heavy atom. The molecule has 0 radical (unpaired) electrons. The van der Waals surface area contributed by atoms with E-state index in [1.165, 1.54) is 0 Å². The second-order valence-corrected chi connectivity index (χ2v) is 7.13. The fraction of sp³-hybridized carbons (Fsp3) is 0.579. The van der Waals surface area contributed by atoms with Gasteiger partial charge in [-0.25, -0.2) is 0 Å². The molecule has 0 aromatic heterocycles. The highest BCUT2D eigenvalue weighted by molar-refractivity contribution is 5.88. The van der Waals surface area contributed by atoms with Crippen molar-refractivity contribution in [3.63, 3.8) is 0 Å². The van der Waals surface area contributed by atoms with Gasteiger partial charge in [0.15, 0.2) is 0 Å². The van der Waals surface area contributed by atoms with Crippen LogP contribution in [0.3, 0.4) is 0 Å². The number of hydrogen-bond acceptors (Lipinski definition) is 3. The van der Waals surface area contributed by atoms with Gasteiger partial charge in [-0.3, -0.25) is 9.59 Å². The number of carbonyl (C=O) groups is 2. The molecule has 24 heavy (non-hydrogen) atoms. The Labute approximate surface area is 145 Å². The maximum absolute atomic E-state index is 12.7. The number of nitrogens with zero attached hydrogens (tertiary/aromatic N) is 1. The highest BCUT2D eigenvalue weighted by Gasteiger charge is 2.27. The summed E-state index contributed by atoms with van der Waals surface area (Å²) in [6.07, 6.45) is 1.75. The molecule has 0 saturated carbocycles. The van der Waals surface area contributed by atoms with E-state index in [1.54, 1.807) is 11.9 Å². The molecule has 1 atom stereocenters. The minimum atomic E-state index is -0.482. The number of nitrogens with one attached hydrogen (secondary N) is 1. The summed E-state index contributed by atoms with van der Waals surface area (Å²) in [7, 11) is 1.77. The van der Waals surface area contributed by atoms with Crippen molar-refractivity contribution < 1.29 is 9.59 Å². The van der Waals surface area contributed by atoms with Crippen molar-refractivity contribution in [2.45, 2.75) is 46.1 Å². The summed E-state index contributed by atoms with van der Waals surface area (Å²) in [5, 5.41) is 2.89. The summed E-state index contributed by atoms with van der Waals surface area (Å²) in [6, 6.07) is 9.06. The molecular weight excluding hydrogens is 302 g/mol. The average Bonchev–Trinajstić information content (AvgIpc) is 2.54. The molecule has 2 amide bonds. The number of benzene rings is 1. The normalized spacial score (nSPS) is 12.5. The van der Waals surface area contributed by atoms with Crippen molar-refractivity contribution in [2.24, 2.45) is 11.1 Å². The topological polar surface area (TPSA) is 75.4 Å². The van der Waals surface area contributed by atoms with Gasteiger partial charge in [-0.05, 0) is 23.9 Å². The van der Waals surface area contributed by atoms with Crippen LogP contribution in [0.2, 0.25) is 0 Å². The molecule has 0 bridgehead atoms. The maximum Gasteiger partial charge on any atom is 0.244 e. The third-order valence-electron chi connectivity index (χ3n) is 4.01. The van der Waals surface area contributed by atoms with E-state index in [0.717, 1.165) is 12.0 Å². The monoisotopic (exact) mass is 333 g/mol. The van der Waals surface area contributed by atoms with Crippen LogP contribution in [0.4, 0.5) is 0 Å². The molecule has 0 spiro atoms. The zero-order valence-electron chi connectivity index (χ0n) is 15.3. The summed E-state index contributed by atoms with van der Waals surface area (Å²) in [5.41, 5.74) is 6.54. The van der Waals surface area contributed by atoms with Crippen molar-refractivity contribution in [1.29, 1.82) is 0 Å². The van der Waals surface area contributed by atoms with Crippen molar-refractivity contribution in [2.75, 3.05) is 20.1 Å². The maximum atomic E-state index is 12.7. The summed E-state index contributed by atoms with van der Waals surface area (Å²) >= 11 is 0. The third-order valence-corrected chi connectivity index (χ3v) is 4.01. The van der Waals surface area contributed by atoms with Gasteiger partial charge in [0.1, 0.15) is 6.04 Å². The minimum absolute atomic E-state index is 0.0558. The van der Waals surface area contributed by atoms with Gasteiger partial charge < -0.3 is 16.0 Å². The summed E-state index contributed by atoms with van der Waals surface area (Å²) < 4.78 is 0. The van der Waals surface area contributed by atoms with Gasteiger partial charge in [0.2, 0.25) is 11.8 Å². The molecule has 0 aliphatic rings. The van der Waals surface area contributed by atoms with Crippen LogP contribution in [-0.2, 0) is 16.0 Å². The number of amides is 2. The van der Waals surface area contributed by atoms with Crippen LogP contribution in [0.25, 0.3) is 0 Å². The van der Waals surface area contributed by atoms with Crippen LogP contribution in [0.15, 0.2) is 30.3 Å². The summed E-state index contributed by atoms with van der Waals surface area (Å²) in [6.45, 7) is 7.13. The van der Waals surface area contributed by atoms with E-state index < -0.39 is 6.04 Å². The molecule has 134 valence electrons. The first-order valence-electron chi connectivity index (χ1n) is 8.57. The highest BCUT2D eigenvalue weighted by atomic mass is 16.2. The molecule has 0 fully saturated rings. The number of nitrogens with two attached hydrogens (primary N) is 1. The molecule has 0 heterocycles. The predicted molar refractivity (Wildman–Crippen MR) is 97.5 cm³/mol. The van der Waals surface area contributed by atoms with Crippen molar-refractivity contribution in [3.8, 4) is 0 Å². The summed E-state index contributed by atoms with van der Waals surface area (Å²) in [4.78, 5) is 26.6. The second kappa shape index (κ2) is 9.42. The first kappa shape index (κ1) is 20.2. The smallest absolute Gasteiger partial charge is 0.244 e. The van der Waals surface area contributed by atoms with Gasteiger partial charge in [0, 0.05) is 13.6 Å². The van der Waals surface area contributed by atoms with Gasteiger partial charge in [-0.15, -0.1) is 0 Å². The Hall–Kier alpha value is -1.88. The highest BCUT2D eigenvalue weighted by Crippen LogP contribution is 2.15. The number of rotatable bonds is 9. The third kappa shape index (κ3) is 6.71. The largest absolute Gasteiger partial charge is 0.344 e. The van der Waals surface area contributed by atoms with Crippen LogP contribution < -0.4 is 11.1 Å². The first-order valence-corrected chi connectivity index (χ1v) is 8.57. The molecule has 1 aromatic rings. The lowest BCUT2D eigenvalue weighted by Crippen LogP contribution is -2.50. The van der Waals surface area contributed by atoms with Gasteiger partial charge in [0.05, 0.1) is 6.42 Å². The average molecular weight is 333 g/mol. The fourth-order valence-corrected chi connectivity index (χ4v) is 2.62. The van der Waals surface area contributed by atoms with Crippen LogP contribution in [0.5, 0.6) is 0 Å². The zero-order chi connectivity index (χ0) is 18.2. The van der Waals surface area contributed by atoms with Crippen molar-refractivity contribution in [3.05, 3.63) is 35.9 Å². The quantitative estimate of drug-likeness (QED) is 0.725. The molecular formula is C19H31N3O2. The van der Waals surface area contributed by atoms with Crippen molar-refractivity contribution >= 4 is 11.8 Å². The molecule has 3 N–H and O–H groups in total. The molecule has 0 aliphatic carbocycles. The number of carbonyl (C=O) groups excluding carboxylic acids is 2. The van der Waals surface area contributed by atoms with Gasteiger partial charge in [-0.2, -0.15) is 0 Å². The Balaban J connectivity index is 2.68. The molecule has 5 nitrogen and oxygen atoms in total. The molecule has 0 aliphatic heterocycles. The lowest BCUT2D eigenvalue weighted by molar-refractivity contribution is -0.136. The Morgan fingerprint density at radius 1 is 1.25 bits per heavy atom. The van der Waals surface area contributed by atoms with Crippen LogP contribution >= 0.6 is 0 Å². The SMILES string of the molecule is CCCC(NC(=O)Cc1ccccc1)C(=O)N(C)CC(C)(C)CN. The lowest BCUT2D eigenvalue weighted by atomic mass is 9.93. The molecule has 1 rings (SSSR count). The standard InChI is InChI=1S/C19H31N3O2/c1-5-9-16(18(24)22(4)14-19(2,3)13-20)21-17(23)12-15-10-7-6-8-11-15/h6-8,10-11,16H,5,9,12-14,20H2,1-4H3,(H,21,23). The van der Waals surface area contributed by atoms with E-state index in [4.69, 9.17) is 5.73 Å². The molecule has 1 aromatic carbocycles. The van der Waals surface area contributed by atoms with Crippen LogP contribution in [0, 0.1) is 5.41 Å². The molecule has 5 heteroatoms. The van der Waals surface area contributed by atoms with E-state index in [-0.39, 0.29) is 23.7 Å².